The molecular weight excluding hydrogens is 877 g/mol. The maximum absolute atomic E-state index is 5.49. The lowest BCUT2D eigenvalue weighted by molar-refractivity contribution is 0.590. The van der Waals surface area contributed by atoms with Gasteiger partial charge in [0.2, 0.25) is 0 Å². The van der Waals surface area contributed by atoms with Crippen molar-refractivity contribution in [2.75, 3.05) is 0 Å². The third-order valence-corrected chi connectivity index (χ3v) is 14.4. The summed E-state index contributed by atoms with van der Waals surface area (Å²) < 4.78 is 4.63. The van der Waals surface area contributed by atoms with E-state index in [-0.39, 0.29) is 21.7 Å². The molecule has 0 saturated heterocycles. The van der Waals surface area contributed by atoms with Gasteiger partial charge in [0.1, 0.15) is 11.6 Å². The molecule has 0 fully saturated rings. The lowest BCUT2D eigenvalue weighted by Gasteiger charge is -2.19. The molecule has 0 aliphatic carbocycles. The summed E-state index contributed by atoms with van der Waals surface area (Å²) in [6.45, 7) is 27.4. The van der Waals surface area contributed by atoms with Crippen molar-refractivity contribution in [3.8, 4) is 56.9 Å². The summed E-state index contributed by atoms with van der Waals surface area (Å²) >= 11 is 0. The van der Waals surface area contributed by atoms with E-state index >= 15 is 0 Å². The number of aromatic nitrogens is 6. The Balaban J connectivity index is 1.10. The molecule has 0 spiro atoms. The molecule has 6 aromatic heterocycles. The van der Waals surface area contributed by atoms with Crippen molar-refractivity contribution < 1.29 is 0 Å². The average Bonchev–Trinajstić information content (AvgIpc) is 3.87. The van der Waals surface area contributed by atoms with E-state index in [2.05, 4.69) is 256 Å². The maximum Gasteiger partial charge on any atom is 0.138 e. The predicted molar refractivity (Wildman–Crippen MR) is 303 cm³/mol. The molecule has 0 amide bonds. The van der Waals surface area contributed by atoms with E-state index in [4.69, 9.17) is 19.9 Å². The molecule has 0 unspecified atom stereocenters. The molecule has 0 radical (unpaired) electrons. The topological polar surface area (TPSA) is 61.4 Å². The number of fused-ring (bicyclic) bond motifs is 6. The fourth-order valence-electron chi connectivity index (χ4n) is 10.1. The van der Waals surface area contributed by atoms with Crippen LogP contribution in [0.15, 0.2) is 170 Å². The van der Waals surface area contributed by atoms with Gasteiger partial charge in [-0.3, -0.25) is 9.13 Å². The van der Waals surface area contributed by atoms with Gasteiger partial charge in [-0.05, 0) is 141 Å². The Hall–Kier alpha value is -7.70. The highest BCUT2D eigenvalue weighted by Crippen LogP contribution is 2.40. The number of hydrogen-bond acceptors (Lipinski definition) is 4. The maximum atomic E-state index is 5.49. The Morgan fingerprint density at radius 3 is 0.944 bits per heavy atom. The number of benzene rings is 5. The molecule has 0 bridgehead atoms. The van der Waals surface area contributed by atoms with Gasteiger partial charge in [0, 0.05) is 32.7 Å². The summed E-state index contributed by atoms with van der Waals surface area (Å²) in [6, 6.07) is 61.1. The van der Waals surface area contributed by atoms with Crippen LogP contribution in [0, 0.1) is 0 Å². The van der Waals surface area contributed by atoms with Crippen LogP contribution in [-0.2, 0) is 21.7 Å². The molecule has 0 saturated carbocycles. The lowest BCUT2D eigenvalue weighted by Crippen LogP contribution is -2.10. The second-order valence-electron chi connectivity index (χ2n) is 23.8. The van der Waals surface area contributed by atoms with Crippen LogP contribution < -0.4 is 0 Å². The third kappa shape index (κ3) is 8.46. The average molecular weight is 941 g/mol. The molecule has 0 aliphatic rings. The van der Waals surface area contributed by atoms with Gasteiger partial charge in [0.05, 0.1) is 56.2 Å². The second-order valence-corrected chi connectivity index (χ2v) is 23.8. The largest absolute Gasteiger partial charge is 0.294 e. The van der Waals surface area contributed by atoms with E-state index in [1.807, 2.05) is 6.07 Å². The van der Waals surface area contributed by atoms with Crippen molar-refractivity contribution in [3.63, 3.8) is 0 Å². The van der Waals surface area contributed by atoms with Crippen molar-refractivity contribution in [1.29, 1.82) is 0 Å². The lowest BCUT2D eigenvalue weighted by atomic mass is 9.85. The van der Waals surface area contributed by atoms with Gasteiger partial charge in [-0.1, -0.05) is 156 Å². The third-order valence-electron chi connectivity index (χ3n) is 14.4. The van der Waals surface area contributed by atoms with Crippen molar-refractivity contribution in [3.05, 3.63) is 192 Å². The van der Waals surface area contributed by atoms with E-state index in [9.17, 15) is 0 Å². The van der Waals surface area contributed by atoms with Gasteiger partial charge in [0.15, 0.2) is 0 Å². The van der Waals surface area contributed by atoms with Crippen LogP contribution in [0.2, 0.25) is 0 Å². The zero-order valence-electron chi connectivity index (χ0n) is 43.8. The van der Waals surface area contributed by atoms with E-state index < -0.39 is 0 Å². The molecule has 72 heavy (non-hydrogen) atoms. The fraction of sp³-hybridized carbons (Fsp3) is 0.242. The molecule has 6 nitrogen and oxygen atoms in total. The van der Waals surface area contributed by atoms with Gasteiger partial charge >= 0.3 is 0 Å². The normalized spacial score (nSPS) is 12.7. The number of pyridine rings is 4. The van der Waals surface area contributed by atoms with Crippen LogP contribution in [0.5, 0.6) is 0 Å². The predicted octanol–water partition coefficient (Wildman–Crippen LogP) is 17.3. The summed E-state index contributed by atoms with van der Waals surface area (Å²) in [7, 11) is 0. The zero-order valence-corrected chi connectivity index (χ0v) is 43.8. The van der Waals surface area contributed by atoms with Crippen LogP contribution in [0.25, 0.3) is 101 Å². The van der Waals surface area contributed by atoms with Crippen molar-refractivity contribution in [2.45, 2.75) is 105 Å². The molecule has 6 heterocycles. The first kappa shape index (κ1) is 46.7. The first-order chi connectivity index (χ1) is 34.2. The van der Waals surface area contributed by atoms with Gasteiger partial charge in [-0.15, -0.1) is 0 Å². The quantitative estimate of drug-likeness (QED) is 0.167. The Morgan fingerprint density at radius 2 is 0.583 bits per heavy atom. The molecule has 11 rings (SSSR count). The second kappa shape index (κ2) is 17.0. The van der Waals surface area contributed by atoms with Gasteiger partial charge in [-0.2, -0.15) is 0 Å². The summed E-state index contributed by atoms with van der Waals surface area (Å²) in [5, 5.41) is 4.89. The van der Waals surface area contributed by atoms with Gasteiger partial charge in [0.25, 0.3) is 0 Å². The Labute approximate surface area is 424 Å². The minimum Gasteiger partial charge on any atom is -0.294 e. The van der Waals surface area contributed by atoms with Crippen LogP contribution in [0.3, 0.4) is 0 Å². The van der Waals surface area contributed by atoms with Crippen LogP contribution in [-0.4, -0.2) is 29.1 Å². The highest BCUT2D eigenvalue weighted by Gasteiger charge is 2.24. The summed E-state index contributed by atoms with van der Waals surface area (Å²) in [6.07, 6.45) is 0. The number of rotatable bonds is 6. The molecule has 0 N–H and O–H groups in total. The minimum absolute atomic E-state index is 0.00355. The van der Waals surface area contributed by atoms with E-state index in [0.717, 1.165) is 79.0 Å². The Bertz CT molecular complexity index is 3540. The minimum atomic E-state index is -0.00355. The molecule has 0 atom stereocenters. The monoisotopic (exact) mass is 941 g/mol. The molecule has 11 aromatic rings. The summed E-state index contributed by atoms with van der Waals surface area (Å²) in [5.74, 6) is 1.65. The standard InChI is InChI=1S/C66H64N6/c1-63(2,3)43-27-31-57-47(37-43)48-38-44(64(4,5)6)28-32-58(48)71(57)61-25-17-23-53(69-61)55-35-42(52-22-16-21-51(67-52)41-19-14-13-15-20-41)36-56(68-55)54-24-18-26-62(70-54)72-59-33-29-45(65(7,8)9)39-49(59)50-40-46(66(10,11)12)30-34-60(50)72/h13-40H,1-12H3. The first-order valence-corrected chi connectivity index (χ1v) is 25.4. The highest BCUT2D eigenvalue weighted by atomic mass is 15.1. The first-order valence-electron chi connectivity index (χ1n) is 25.4. The van der Waals surface area contributed by atoms with E-state index in [1.54, 1.807) is 0 Å². The van der Waals surface area contributed by atoms with E-state index in [0.29, 0.717) is 0 Å². The van der Waals surface area contributed by atoms with Crippen LogP contribution in [0.1, 0.15) is 105 Å². The smallest absolute Gasteiger partial charge is 0.138 e. The van der Waals surface area contributed by atoms with Crippen LogP contribution in [0.4, 0.5) is 0 Å². The van der Waals surface area contributed by atoms with Crippen molar-refractivity contribution >= 4 is 43.6 Å². The van der Waals surface area contributed by atoms with E-state index in [1.165, 1.54) is 43.8 Å². The summed E-state index contributed by atoms with van der Waals surface area (Å²) in [4.78, 5) is 21.7. The number of hydrogen-bond donors (Lipinski definition) is 0. The van der Waals surface area contributed by atoms with Gasteiger partial charge in [-0.25, -0.2) is 19.9 Å². The highest BCUT2D eigenvalue weighted by molar-refractivity contribution is 6.11. The SMILES string of the molecule is CC(C)(C)c1ccc2c(c1)c1cc(C(C)(C)C)ccc1n2-c1cccc(-c2cc(-c3cccc(-c4ccccc4)n3)cc(-c3cccc(-n4c5ccc(C(C)(C)C)cc5c5cc(C(C)(C)C)ccc54)n3)n2)n1. The molecular formula is C66H64N6. The van der Waals surface area contributed by atoms with Crippen molar-refractivity contribution in [1.82, 2.24) is 29.1 Å². The molecule has 358 valence electrons. The molecule has 5 aromatic carbocycles. The Kier molecular flexibility index (Phi) is 11.0. The fourth-order valence-corrected chi connectivity index (χ4v) is 10.1. The molecule has 6 heteroatoms. The Morgan fingerprint density at radius 1 is 0.264 bits per heavy atom. The summed E-state index contributed by atoms with van der Waals surface area (Å²) in [5.41, 5.74) is 16.4. The zero-order chi connectivity index (χ0) is 50.5. The number of nitrogens with zero attached hydrogens (tertiary/aromatic N) is 6. The molecule has 0 aliphatic heterocycles. The van der Waals surface area contributed by atoms with Crippen LogP contribution >= 0.6 is 0 Å². The van der Waals surface area contributed by atoms with Gasteiger partial charge < -0.3 is 0 Å². The van der Waals surface area contributed by atoms with Crippen molar-refractivity contribution in [2.24, 2.45) is 0 Å².